The van der Waals surface area contributed by atoms with Crippen LogP contribution < -0.4 is 24.8 Å². The van der Waals surface area contributed by atoms with Gasteiger partial charge >= 0.3 is 0 Å². The molecule has 0 unspecified atom stereocenters. The van der Waals surface area contributed by atoms with Gasteiger partial charge in [0.1, 0.15) is 5.56 Å². The van der Waals surface area contributed by atoms with Gasteiger partial charge in [0.2, 0.25) is 17.7 Å². The van der Waals surface area contributed by atoms with E-state index in [1.807, 2.05) is 58.0 Å². The van der Waals surface area contributed by atoms with Crippen molar-refractivity contribution in [3.63, 3.8) is 0 Å². The number of methoxy groups -OCH3 is 1. The molecule has 0 saturated carbocycles. The first-order valence-corrected chi connectivity index (χ1v) is 18.5. The SMILES string of the molecule is CCN(CC)C(=O)CCc1ccc(Oc2nc(Nc3ccc(OCCCN4CCCCC4)c(F)c3)ncc2C(=O)Nc2c(C)cccc2C)c(OC)c1. The number of hydrogen-bond donors (Lipinski definition) is 2. The Balaban J connectivity index is 1.34. The van der Waals surface area contributed by atoms with Crippen molar-refractivity contribution >= 4 is 29.1 Å². The van der Waals surface area contributed by atoms with Crippen LogP contribution in [0.2, 0.25) is 0 Å². The van der Waals surface area contributed by atoms with E-state index in [2.05, 4.69) is 25.5 Å². The molecule has 282 valence electrons. The number of carbonyl (C=O) groups excluding carboxylic acids is 2. The summed E-state index contributed by atoms with van der Waals surface area (Å²) >= 11 is 0. The van der Waals surface area contributed by atoms with E-state index in [1.165, 1.54) is 38.6 Å². The number of halogens is 1. The van der Waals surface area contributed by atoms with E-state index in [0.717, 1.165) is 42.7 Å². The summed E-state index contributed by atoms with van der Waals surface area (Å²) in [5, 5.41) is 6.00. The van der Waals surface area contributed by atoms with Crippen LogP contribution in [0.5, 0.6) is 23.1 Å². The molecule has 1 saturated heterocycles. The average molecular weight is 727 g/mol. The van der Waals surface area contributed by atoms with E-state index in [4.69, 9.17) is 14.2 Å². The molecular formula is C41H51FN6O5. The zero-order valence-electron chi connectivity index (χ0n) is 31.5. The number of hydrogen-bond acceptors (Lipinski definition) is 9. The minimum atomic E-state index is -0.516. The first kappa shape index (κ1) is 39.0. The van der Waals surface area contributed by atoms with Crippen molar-refractivity contribution < 1.29 is 28.2 Å². The number of piperidine rings is 1. The lowest BCUT2D eigenvalue weighted by Gasteiger charge is -2.26. The fraction of sp³-hybridized carbons (Fsp3) is 0.415. The van der Waals surface area contributed by atoms with Crippen molar-refractivity contribution in [2.24, 2.45) is 0 Å². The van der Waals surface area contributed by atoms with E-state index in [0.29, 0.717) is 55.4 Å². The van der Waals surface area contributed by atoms with Crippen molar-refractivity contribution in [3.8, 4) is 23.1 Å². The van der Waals surface area contributed by atoms with Gasteiger partial charge in [-0.15, -0.1) is 0 Å². The second-order valence-corrected chi connectivity index (χ2v) is 13.2. The van der Waals surface area contributed by atoms with Crippen LogP contribution in [0, 0.1) is 19.7 Å². The number of aromatic nitrogens is 2. The largest absolute Gasteiger partial charge is 0.493 e. The number of ether oxygens (including phenoxy) is 3. The molecule has 0 radical (unpaired) electrons. The van der Waals surface area contributed by atoms with Gasteiger partial charge in [-0.25, -0.2) is 9.37 Å². The summed E-state index contributed by atoms with van der Waals surface area (Å²) in [6.07, 6.45) is 6.82. The van der Waals surface area contributed by atoms with Crippen LogP contribution in [0.1, 0.15) is 73.0 Å². The Bertz CT molecular complexity index is 1840. The smallest absolute Gasteiger partial charge is 0.262 e. The fourth-order valence-electron chi connectivity index (χ4n) is 6.37. The number of aryl methyl sites for hydroxylation is 3. The summed E-state index contributed by atoms with van der Waals surface area (Å²) in [5.74, 6) is 0.0306. The number of nitrogens with one attached hydrogen (secondary N) is 2. The van der Waals surface area contributed by atoms with Crippen molar-refractivity contribution in [1.82, 2.24) is 19.8 Å². The van der Waals surface area contributed by atoms with Crippen molar-refractivity contribution in [2.75, 3.05) is 57.1 Å². The second kappa shape index (κ2) is 19.0. The zero-order chi connectivity index (χ0) is 37.7. The lowest BCUT2D eigenvalue weighted by molar-refractivity contribution is -0.130. The van der Waals surface area contributed by atoms with Gasteiger partial charge in [-0.05, 0) is 107 Å². The Kier molecular flexibility index (Phi) is 14.0. The molecule has 4 aromatic rings. The van der Waals surface area contributed by atoms with Crippen molar-refractivity contribution in [2.45, 2.75) is 66.2 Å². The van der Waals surface area contributed by atoms with Gasteiger partial charge in [-0.1, -0.05) is 30.7 Å². The minimum absolute atomic E-state index is 0.0388. The summed E-state index contributed by atoms with van der Waals surface area (Å²) in [6, 6.07) is 15.7. The predicted octanol–water partition coefficient (Wildman–Crippen LogP) is 8.09. The summed E-state index contributed by atoms with van der Waals surface area (Å²) < 4.78 is 32.8. The number of likely N-dealkylation sites (tertiary alicyclic amines) is 1. The molecule has 1 aromatic heterocycles. The standard InChI is InChI=1S/C41H51FN6O5/c1-6-48(7-2)37(49)20-16-30-15-18-35(36(25-30)51-5)53-40-32(39(50)45-38-28(3)13-11-14-29(38)4)27-43-41(46-40)44-31-17-19-34(33(42)26-31)52-24-12-23-47-21-9-8-10-22-47/h11,13-15,17-19,25-27H,6-10,12,16,20-24H2,1-5H3,(H,45,50)(H,43,44,46). The first-order chi connectivity index (χ1) is 25.7. The number of rotatable bonds is 17. The van der Waals surface area contributed by atoms with Gasteiger partial charge in [0.15, 0.2) is 23.1 Å². The highest BCUT2D eigenvalue weighted by atomic mass is 19.1. The summed E-state index contributed by atoms with van der Waals surface area (Å²) in [4.78, 5) is 39.5. The molecule has 0 atom stereocenters. The molecule has 1 aliphatic heterocycles. The maximum absolute atomic E-state index is 15.1. The highest BCUT2D eigenvalue weighted by Crippen LogP contribution is 2.35. The number of nitrogens with zero attached hydrogens (tertiary/aromatic N) is 4. The van der Waals surface area contributed by atoms with Crippen LogP contribution in [0.3, 0.4) is 0 Å². The topological polar surface area (TPSA) is 118 Å². The predicted molar refractivity (Wildman–Crippen MR) is 205 cm³/mol. The second-order valence-electron chi connectivity index (χ2n) is 13.2. The molecule has 0 bridgehead atoms. The number of para-hydroxylation sites is 1. The molecule has 0 spiro atoms. The van der Waals surface area contributed by atoms with Gasteiger partial charge in [0.25, 0.3) is 5.91 Å². The molecule has 1 fully saturated rings. The van der Waals surface area contributed by atoms with Gasteiger partial charge in [-0.2, -0.15) is 4.98 Å². The summed E-state index contributed by atoms with van der Waals surface area (Å²) in [7, 11) is 1.52. The first-order valence-electron chi connectivity index (χ1n) is 18.5. The molecule has 11 nitrogen and oxygen atoms in total. The number of anilines is 3. The van der Waals surface area contributed by atoms with Crippen LogP contribution in [0.4, 0.5) is 21.7 Å². The number of benzene rings is 3. The van der Waals surface area contributed by atoms with Crippen LogP contribution >= 0.6 is 0 Å². The van der Waals surface area contributed by atoms with Crippen molar-refractivity contribution in [1.29, 1.82) is 0 Å². The van der Waals surface area contributed by atoms with Crippen molar-refractivity contribution in [3.05, 3.63) is 88.9 Å². The normalized spacial score (nSPS) is 12.9. The highest BCUT2D eigenvalue weighted by molar-refractivity contribution is 6.06. The van der Waals surface area contributed by atoms with E-state index >= 15 is 4.39 Å². The van der Waals surface area contributed by atoms with Crippen LogP contribution in [-0.4, -0.2) is 78.0 Å². The lowest BCUT2D eigenvalue weighted by atomic mass is 10.1. The van der Waals surface area contributed by atoms with E-state index in [9.17, 15) is 9.59 Å². The van der Waals surface area contributed by atoms with E-state index < -0.39 is 11.7 Å². The van der Waals surface area contributed by atoms with Gasteiger partial charge in [0, 0.05) is 49.7 Å². The third-order valence-corrected chi connectivity index (χ3v) is 9.41. The molecule has 0 aliphatic carbocycles. The maximum Gasteiger partial charge on any atom is 0.262 e. The minimum Gasteiger partial charge on any atom is -0.493 e. The Hall–Kier alpha value is -5.23. The Morgan fingerprint density at radius 2 is 1.68 bits per heavy atom. The van der Waals surface area contributed by atoms with Crippen LogP contribution in [0.15, 0.2) is 60.8 Å². The molecule has 3 aromatic carbocycles. The third kappa shape index (κ3) is 10.7. The molecule has 1 aliphatic rings. The number of carbonyl (C=O) groups is 2. The fourth-order valence-corrected chi connectivity index (χ4v) is 6.37. The molecule has 5 rings (SSSR count). The molecule has 2 N–H and O–H groups in total. The third-order valence-electron chi connectivity index (χ3n) is 9.41. The van der Waals surface area contributed by atoms with Crippen LogP contribution in [0.25, 0.3) is 0 Å². The average Bonchev–Trinajstić information content (AvgIpc) is 3.16. The molecular weight excluding hydrogens is 675 g/mol. The monoisotopic (exact) mass is 726 g/mol. The molecule has 2 amide bonds. The summed E-state index contributed by atoms with van der Waals surface area (Å²) in [6.45, 7) is 12.7. The van der Waals surface area contributed by atoms with E-state index in [1.54, 1.807) is 23.1 Å². The lowest BCUT2D eigenvalue weighted by Crippen LogP contribution is -2.31. The van der Waals surface area contributed by atoms with Gasteiger partial charge in [0.05, 0.1) is 13.7 Å². The molecule has 12 heteroatoms. The maximum atomic E-state index is 15.1. The van der Waals surface area contributed by atoms with E-state index in [-0.39, 0.29) is 29.0 Å². The Morgan fingerprint density at radius 3 is 2.38 bits per heavy atom. The Morgan fingerprint density at radius 1 is 0.943 bits per heavy atom. The molecule has 53 heavy (non-hydrogen) atoms. The van der Waals surface area contributed by atoms with Crippen LogP contribution in [-0.2, 0) is 11.2 Å². The van der Waals surface area contributed by atoms with Gasteiger partial charge in [-0.3, -0.25) is 9.59 Å². The summed E-state index contributed by atoms with van der Waals surface area (Å²) in [5.41, 5.74) is 3.83. The number of amides is 2. The highest BCUT2D eigenvalue weighted by Gasteiger charge is 2.21. The Labute approximate surface area is 311 Å². The molecule has 2 heterocycles. The van der Waals surface area contributed by atoms with Gasteiger partial charge < -0.3 is 34.6 Å². The zero-order valence-corrected chi connectivity index (χ0v) is 31.5. The quantitative estimate of drug-likeness (QED) is 0.104.